The van der Waals surface area contributed by atoms with E-state index in [2.05, 4.69) is 15.3 Å². The minimum absolute atomic E-state index is 0.0594. The third kappa shape index (κ3) is 2.85. The lowest BCUT2D eigenvalue weighted by atomic mass is 10.2. The number of aromatic carboxylic acids is 1. The van der Waals surface area contributed by atoms with Crippen LogP contribution in [0.4, 0.5) is 5.82 Å². The second-order valence-electron chi connectivity index (χ2n) is 4.02. The van der Waals surface area contributed by atoms with Crippen molar-refractivity contribution in [2.24, 2.45) is 0 Å². The summed E-state index contributed by atoms with van der Waals surface area (Å²) in [5.74, 6) is 0.472. The summed E-state index contributed by atoms with van der Waals surface area (Å²) in [5.41, 5.74) is 0.853. The second-order valence-corrected chi connectivity index (χ2v) is 4.02. The molecular weight excluding hydrogens is 258 g/mol. The third-order valence-electron chi connectivity index (χ3n) is 2.71. The maximum absolute atomic E-state index is 11.1. The van der Waals surface area contributed by atoms with Crippen molar-refractivity contribution in [3.63, 3.8) is 0 Å². The van der Waals surface area contributed by atoms with Crippen LogP contribution in [-0.2, 0) is 0 Å². The molecule has 0 bridgehead atoms. The summed E-state index contributed by atoms with van der Waals surface area (Å²) in [6.07, 6.45) is 1.31. The van der Waals surface area contributed by atoms with Gasteiger partial charge in [0.1, 0.15) is 17.1 Å². The molecule has 0 aliphatic carbocycles. The van der Waals surface area contributed by atoms with Crippen molar-refractivity contribution in [3.8, 4) is 17.1 Å². The number of anilines is 1. The lowest BCUT2D eigenvalue weighted by Crippen LogP contribution is -2.09. The number of nitrogens with one attached hydrogen (secondary N) is 1. The van der Waals surface area contributed by atoms with Crippen LogP contribution in [0.25, 0.3) is 11.4 Å². The van der Waals surface area contributed by atoms with Gasteiger partial charge < -0.3 is 15.2 Å². The van der Waals surface area contributed by atoms with Crippen LogP contribution < -0.4 is 10.1 Å². The van der Waals surface area contributed by atoms with Crippen LogP contribution in [0.5, 0.6) is 5.75 Å². The fourth-order valence-electron chi connectivity index (χ4n) is 1.72. The number of ether oxygens (including phenoxy) is 1. The summed E-state index contributed by atoms with van der Waals surface area (Å²) in [7, 11) is 1.59. The normalized spacial score (nSPS) is 10.1. The van der Waals surface area contributed by atoms with E-state index >= 15 is 0 Å². The van der Waals surface area contributed by atoms with Gasteiger partial charge in [-0.25, -0.2) is 14.8 Å². The topological polar surface area (TPSA) is 84.3 Å². The molecule has 0 saturated carbocycles. The van der Waals surface area contributed by atoms with Gasteiger partial charge in [-0.1, -0.05) is 0 Å². The number of hydrogen-bond acceptors (Lipinski definition) is 5. The average molecular weight is 273 g/mol. The maximum atomic E-state index is 11.1. The molecule has 2 N–H and O–H groups in total. The molecule has 1 aromatic heterocycles. The first kappa shape index (κ1) is 13.8. The Kier molecular flexibility index (Phi) is 4.14. The number of carboxylic acids is 1. The van der Waals surface area contributed by atoms with Crippen molar-refractivity contribution in [2.75, 3.05) is 19.0 Å². The molecule has 0 saturated heterocycles. The highest BCUT2D eigenvalue weighted by molar-refractivity contribution is 5.93. The summed E-state index contributed by atoms with van der Waals surface area (Å²) in [5, 5.41) is 12.0. The number of hydrogen-bond donors (Lipinski definition) is 2. The van der Waals surface area contributed by atoms with E-state index in [1.54, 1.807) is 19.2 Å². The fourth-order valence-corrected chi connectivity index (χ4v) is 1.72. The van der Waals surface area contributed by atoms with Crippen molar-refractivity contribution in [1.29, 1.82) is 0 Å². The lowest BCUT2D eigenvalue weighted by molar-refractivity contribution is 0.0697. The minimum Gasteiger partial charge on any atom is -0.497 e. The molecule has 104 valence electrons. The number of carboxylic acid groups (broad SMARTS) is 1. The number of nitrogens with zero attached hydrogens (tertiary/aromatic N) is 2. The molecule has 0 amide bonds. The van der Waals surface area contributed by atoms with Crippen molar-refractivity contribution in [1.82, 2.24) is 9.97 Å². The number of carbonyl (C=O) groups is 1. The van der Waals surface area contributed by atoms with Crippen molar-refractivity contribution >= 4 is 11.8 Å². The molecule has 1 heterocycles. The van der Waals surface area contributed by atoms with E-state index in [-0.39, 0.29) is 5.56 Å². The Morgan fingerprint density at radius 2 is 2.05 bits per heavy atom. The first-order valence-electron chi connectivity index (χ1n) is 6.14. The molecular formula is C14H15N3O3. The minimum atomic E-state index is -1.05. The van der Waals surface area contributed by atoms with Crippen LogP contribution in [0, 0.1) is 0 Å². The van der Waals surface area contributed by atoms with Crippen LogP contribution in [0.15, 0.2) is 30.5 Å². The molecule has 6 nitrogen and oxygen atoms in total. The molecule has 0 radical (unpaired) electrons. The smallest absolute Gasteiger partial charge is 0.341 e. The maximum Gasteiger partial charge on any atom is 0.341 e. The van der Waals surface area contributed by atoms with Gasteiger partial charge in [0.05, 0.1) is 7.11 Å². The molecule has 0 aliphatic heterocycles. The Morgan fingerprint density at radius 3 is 2.60 bits per heavy atom. The number of benzene rings is 1. The number of methoxy groups -OCH3 is 1. The molecule has 2 rings (SSSR count). The summed E-state index contributed by atoms with van der Waals surface area (Å²) in [6.45, 7) is 2.46. The van der Waals surface area contributed by atoms with E-state index < -0.39 is 5.97 Å². The highest BCUT2D eigenvalue weighted by Gasteiger charge is 2.13. The molecule has 0 aliphatic rings. The zero-order valence-corrected chi connectivity index (χ0v) is 11.3. The van der Waals surface area contributed by atoms with E-state index in [9.17, 15) is 4.79 Å². The van der Waals surface area contributed by atoms with E-state index in [0.717, 1.165) is 11.3 Å². The van der Waals surface area contributed by atoms with Gasteiger partial charge in [-0.2, -0.15) is 0 Å². The highest BCUT2D eigenvalue weighted by atomic mass is 16.5. The van der Waals surface area contributed by atoms with Crippen LogP contribution >= 0.6 is 0 Å². The van der Waals surface area contributed by atoms with E-state index in [1.165, 1.54) is 6.20 Å². The van der Waals surface area contributed by atoms with E-state index in [4.69, 9.17) is 9.84 Å². The van der Waals surface area contributed by atoms with Crippen LogP contribution in [0.3, 0.4) is 0 Å². The van der Waals surface area contributed by atoms with Gasteiger partial charge in [0, 0.05) is 18.3 Å². The summed E-state index contributed by atoms with van der Waals surface area (Å²) < 4.78 is 5.09. The fraction of sp³-hybridized carbons (Fsp3) is 0.214. The van der Waals surface area contributed by atoms with Gasteiger partial charge in [0.2, 0.25) is 0 Å². The Morgan fingerprint density at radius 1 is 1.35 bits per heavy atom. The van der Waals surface area contributed by atoms with Crippen LogP contribution in [0.2, 0.25) is 0 Å². The first-order chi connectivity index (χ1) is 9.65. The van der Waals surface area contributed by atoms with Gasteiger partial charge >= 0.3 is 5.97 Å². The summed E-state index contributed by atoms with van der Waals surface area (Å²) >= 11 is 0. The summed E-state index contributed by atoms with van der Waals surface area (Å²) in [4.78, 5) is 19.5. The van der Waals surface area contributed by atoms with Gasteiger partial charge in [-0.15, -0.1) is 0 Å². The monoisotopic (exact) mass is 273 g/mol. The Hall–Kier alpha value is -2.63. The average Bonchev–Trinajstić information content (AvgIpc) is 2.47. The zero-order chi connectivity index (χ0) is 14.5. The predicted molar refractivity (Wildman–Crippen MR) is 75.1 cm³/mol. The molecule has 20 heavy (non-hydrogen) atoms. The standard InChI is InChI=1S/C14H15N3O3/c1-3-15-13-11(14(18)19)8-16-12(17-13)9-4-6-10(20-2)7-5-9/h4-8H,3H2,1-2H3,(H,18,19)(H,15,16,17). The largest absolute Gasteiger partial charge is 0.497 e. The molecule has 2 aromatic rings. The third-order valence-corrected chi connectivity index (χ3v) is 2.71. The molecule has 0 unspecified atom stereocenters. The second kappa shape index (κ2) is 6.01. The van der Waals surface area contributed by atoms with Crippen LogP contribution in [0.1, 0.15) is 17.3 Å². The van der Waals surface area contributed by atoms with Gasteiger partial charge in [0.25, 0.3) is 0 Å². The molecule has 0 atom stereocenters. The van der Waals surface area contributed by atoms with Gasteiger partial charge in [-0.05, 0) is 31.2 Å². The van der Waals surface area contributed by atoms with Crippen LogP contribution in [-0.4, -0.2) is 34.7 Å². The SMILES string of the molecule is CCNc1nc(-c2ccc(OC)cc2)ncc1C(=O)O. The number of rotatable bonds is 5. The van der Waals surface area contributed by atoms with Crippen molar-refractivity contribution in [2.45, 2.75) is 6.92 Å². The molecule has 0 fully saturated rings. The molecule has 6 heteroatoms. The van der Waals surface area contributed by atoms with E-state index in [1.807, 2.05) is 19.1 Å². The van der Waals surface area contributed by atoms with Gasteiger partial charge in [-0.3, -0.25) is 0 Å². The number of aromatic nitrogens is 2. The molecule has 0 spiro atoms. The predicted octanol–water partition coefficient (Wildman–Crippen LogP) is 2.28. The van der Waals surface area contributed by atoms with Crippen molar-refractivity contribution in [3.05, 3.63) is 36.0 Å². The lowest BCUT2D eigenvalue weighted by Gasteiger charge is -2.08. The quantitative estimate of drug-likeness (QED) is 0.869. The zero-order valence-electron chi connectivity index (χ0n) is 11.3. The molecule has 1 aromatic carbocycles. The highest BCUT2D eigenvalue weighted by Crippen LogP contribution is 2.21. The Labute approximate surface area is 116 Å². The first-order valence-corrected chi connectivity index (χ1v) is 6.14. The van der Waals surface area contributed by atoms with E-state index in [0.29, 0.717) is 18.2 Å². The van der Waals surface area contributed by atoms with Crippen molar-refractivity contribution < 1.29 is 14.6 Å². The summed E-state index contributed by atoms with van der Waals surface area (Å²) in [6, 6.07) is 7.25. The van der Waals surface area contributed by atoms with Gasteiger partial charge in [0.15, 0.2) is 5.82 Å². The Balaban J connectivity index is 2.41. The Bertz CT molecular complexity index is 612.